The van der Waals surface area contributed by atoms with Gasteiger partial charge in [-0.3, -0.25) is 4.79 Å². The first-order valence-electron chi connectivity index (χ1n) is 6.47. The van der Waals surface area contributed by atoms with E-state index in [1.807, 2.05) is 18.2 Å². The van der Waals surface area contributed by atoms with Crippen LogP contribution < -0.4 is 4.74 Å². The molecule has 2 aliphatic heterocycles. The summed E-state index contributed by atoms with van der Waals surface area (Å²) in [5, 5.41) is 0. The highest BCUT2D eigenvalue weighted by Crippen LogP contribution is 2.39. The second-order valence-electron chi connectivity index (χ2n) is 5.81. The minimum Gasteiger partial charge on any atom is -0.492 e. The smallest absolute Gasteiger partial charge is 0.168 e. The molecule has 0 radical (unpaired) electrons. The van der Waals surface area contributed by atoms with E-state index in [9.17, 15) is 4.79 Å². The van der Waals surface area contributed by atoms with E-state index in [1.165, 1.54) is 0 Å². The Hall–Kier alpha value is -1.35. The van der Waals surface area contributed by atoms with E-state index in [2.05, 4.69) is 13.8 Å². The zero-order valence-corrected chi connectivity index (χ0v) is 10.9. The van der Waals surface area contributed by atoms with E-state index in [-0.39, 0.29) is 17.1 Å². The largest absolute Gasteiger partial charge is 0.492 e. The van der Waals surface area contributed by atoms with Gasteiger partial charge in [0.05, 0.1) is 13.2 Å². The average molecular weight is 246 g/mol. The number of hydrogen-bond donors (Lipinski definition) is 0. The van der Waals surface area contributed by atoms with Gasteiger partial charge in [-0.2, -0.15) is 0 Å². The summed E-state index contributed by atoms with van der Waals surface area (Å²) >= 11 is 0. The van der Waals surface area contributed by atoms with Gasteiger partial charge in [-0.05, 0) is 24.6 Å². The lowest BCUT2D eigenvalue weighted by Gasteiger charge is -2.16. The molecular formula is C15H18O3. The minimum atomic E-state index is -0.00218. The van der Waals surface area contributed by atoms with Crippen molar-refractivity contribution in [3.05, 3.63) is 29.3 Å². The number of ketones is 1. The third-order valence-electron chi connectivity index (χ3n) is 3.88. The SMILES string of the molecule is CC1(C)COc2ccc(C(=O)C3CCOC3)cc21. The predicted octanol–water partition coefficient (Wildman–Crippen LogP) is 2.58. The number of carbonyl (C=O) groups excluding carboxylic acids is 1. The van der Waals surface area contributed by atoms with Gasteiger partial charge in [0.1, 0.15) is 5.75 Å². The van der Waals surface area contributed by atoms with E-state index in [1.54, 1.807) is 0 Å². The van der Waals surface area contributed by atoms with Gasteiger partial charge in [-0.1, -0.05) is 13.8 Å². The first kappa shape index (κ1) is 11.7. The molecule has 0 spiro atoms. The van der Waals surface area contributed by atoms with Gasteiger partial charge in [-0.15, -0.1) is 0 Å². The number of ether oxygens (including phenoxy) is 2. The van der Waals surface area contributed by atoms with Crippen molar-refractivity contribution in [3.8, 4) is 5.75 Å². The Balaban J connectivity index is 1.92. The predicted molar refractivity (Wildman–Crippen MR) is 68.2 cm³/mol. The molecule has 1 unspecified atom stereocenters. The average Bonchev–Trinajstić information content (AvgIpc) is 2.97. The number of Topliss-reactive ketones (excluding diaryl/α,β-unsaturated/α-hetero) is 1. The molecule has 1 fully saturated rings. The zero-order chi connectivity index (χ0) is 12.8. The van der Waals surface area contributed by atoms with Gasteiger partial charge in [-0.25, -0.2) is 0 Å². The number of rotatable bonds is 2. The van der Waals surface area contributed by atoms with Crippen molar-refractivity contribution in [1.82, 2.24) is 0 Å². The molecule has 3 heteroatoms. The maximum Gasteiger partial charge on any atom is 0.168 e. The molecule has 2 heterocycles. The highest BCUT2D eigenvalue weighted by molar-refractivity contribution is 5.98. The standard InChI is InChI=1S/C15H18O3/c1-15(2)9-18-13-4-3-10(7-12(13)15)14(16)11-5-6-17-8-11/h3-4,7,11H,5-6,8-9H2,1-2H3. The summed E-state index contributed by atoms with van der Waals surface area (Å²) in [4.78, 5) is 12.3. The summed E-state index contributed by atoms with van der Waals surface area (Å²) in [7, 11) is 0. The Morgan fingerprint density at radius 3 is 2.94 bits per heavy atom. The number of fused-ring (bicyclic) bond motifs is 1. The molecule has 0 bridgehead atoms. The first-order valence-corrected chi connectivity index (χ1v) is 6.47. The van der Waals surface area contributed by atoms with Gasteiger partial charge in [0.25, 0.3) is 0 Å². The quantitative estimate of drug-likeness (QED) is 0.752. The minimum absolute atomic E-state index is 0.00218. The summed E-state index contributed by atoms with van der Waals surface area (Å²) in [5.74, 6) is 1.16. The molecule has 0 N–H and O–H groups in total. The van der Waals surface area contributed by atoms with Crippen LogP contribution in [0.25, 0.3) is 0 Å². The van der Waals surface area contributed by atoms with E-state index in [0.717, 1.165) is 23.3 Å². The number of carbonyl (C=O) groups is 1. The maximum atomic E-state index is 12.3. The molecular weight excluding hydrogens is 228 g/mol. The lowest BCUT2D eigenvalue weighted by atomic mass is 9.85. The first-order chi connectivity index (χ1) is 8.58. The van der Waals surface area contributed by atoms with Crippen molar-refractivity contribution in [2.45, 2.75) is 25.7 Å². The van der Waals surface area contributed by atoms with Gasteiger partial charge in [0.2, 0.25) is 0 Å². The molecule has 96 valence electrons. The van der Waals surface area contributed by atoms with Gasteiger partial charge < -0.3 is 9.47 Å². The van der Waals surface area contributed by atoms with Gasteiger partial charge in [0.15, 0.2) is 5.78 Å². The molecule has 3 rings (SSSR count). The van der Waals surface area contributed by atoms with Crippen molar-refractivity contribution in [3.63, 3.8) is 0 Å². The Bertz CT molecular complexity index is 485. The van der Waals surface area contributed by atoms with Crippen LogP contribution in [0.15, 0.2) is 18.2 Å². The third kappa shape index (κ3) is 1.83. The van der Waals surface area contributed by atoms with Crippen molar-refractivity contribution >= 4 is 5.78 Å². The topological polar surface area (TPSA) is 35.5 Å². The monoisotopic (exact) mass is 246 g/mol. The van der Waals surface area contributed by atoms with Crippen LogP contribution in [0.1, 0.15) is 36.2 Å². The summed E-state index contributed by atoms with van der Waals surface area (Å²) in [5.41, 5.74) is 1.94. The lowest BCUT2D eigenvalue weighted by Crippen LogP contribution is -2.19. The maximum absolute atomic E-state index is 12.3. The van der Waals surface area contributed by atoms with Crippen LogP contribution in [0.2, 0.25) is 0 Å². The number of hydrogen-bond acceptors (Lipinski definition) is 3. The number of benzene rings is 1. The van der Waals surface area contributed by atoms with Gasteiger partial charge >= 0.3 is 0 Å². The Labute approximate surface area is 107 Å². The van der Waals surface area contributed by atoms with E-state index in [4.69, 9.17) is 9.47 Å². The summed E-state index contributed by atoms with van der Waals surface area (Å²) < 4.78 is 10.9. The fourth-order valence-corrected chi connectivity index (χ4v) is 2.65. The molecule has 1 atom stereocenters. The van der Waals surface area contributed by atoms with Crippen LogP contribution in [0.3, 0.4) is 0 Å². The molecule has 0 aliphatic carbocycles. The molecule has 1 aromatic rings. The van der Waals surface area contributed by atoms with Crippen LogP contribution in [0, 0.1) is 5.92 Å². The summed E-state index contributed by atoms with van der Waals surface area (Å²) in [6, 6.07) is 5.80. The Morgan fingerprint density at radius 1 is 1.39 bits per heavy atom. The van der Waals surface area contributed by atoms with Crippen molar-refractivity contribution in [2.24, 2.45) is 5.92 Å². The van der Waals surface area contributed by atoms with Crippen molar-refractivity contribution in [2.75, 3.05) is 19.8 Å². The zero-order valence-electron chi connectivity index (χ0n) is 10.9. The van der Waals surface area contributed by atoms with Crippen molar-refractivity contribution < 1.29 is 14.3 Å². The fourth-order valence-electron chi connectivity index (χ4n) is 2.65. The molecule has 18 heavy (non-hydrogen) atoms. The van der Waals surface area contributed by atoms with Crippen LogP contribution in [0.5, 0.6) is 5.75 Å². The Kier molecular flexibility index (Phi) is 2.67. The van der Waals surface area contributed by atoms with Crippen LogP contribution in [0.4, 0.5) is 0 Å². The molecule has 1 aromatic carbocycles. The third-order valence-corrected chi connectivity index (χ3v) is 3.88. The van der Waals surface area contributed by atoms with E-state index >= 15 is 0 Å². The molecule has 3 nitrogen and oxygen atoms in total. The fraction of sp³-hybridized carbons (Fsp3) is 0.533. The van der Waals surface area contributed by atoms with Crippen LogP contribution in [-0.2, 0) is 10.2 Å². The van der Waals surface area contributed by atoms with Gasteiger partial charge in [0, 0.05) is 29.1 Å². The van der Waals surface area contributed by atoms with E-state index < -0.39 is 0 Å². The molecule has 1 saturated heterocycles. The second kappa shape index (κ2) is 4.09. The highest BCUT2D eigenvalue weighted by Gasteiger charge is 2.33. The summed E-state index contributed by atoms with van der Waals surface area (Å²) in [6.45, 7) is 6.25. The Morgan fingerprint density at radius 2 is 2.22 bits per heavy atom. The molecule has 0 saturated carbocycles. The van der Waals surface area contributed by atoms with E-state index in [0.29, 0.717) is 19.8 Å². The molecule has 0 amide bonds. The summed E-state index contributed by atoms with van der Waals surface area (Å²) in [6.07, 6.45) is 0.843. The highest BCUT2D eigenvalue weighted by atomic mass is 16.5. The molecule has 2 aliphatic rings. The van der Waals surface area contributed by atoms with Crippen LogP contribution in [-0.4, -0.2) is 25.6 Å². The second-order valence-corrected chi connectivity index (χ2v) is 5.81. The van der Waals surface area contributed by atoms with Crippen LogP contribution >= 0.6 is 0 Å². The lowest BCUT2D eigenvalue weighted by molar-refractivity contribution is 0.0900. The van der Waals surface area contributed by atoms with Crippen molar-refractivity contribution in [1.29, 1.82) is 0 Å². The normalized spacial score (nSPS) is 24.7. The molecule has 0 aromatic heterocycles.